The minimum Gasteiger partial charge on any atom is -0.383 e. The van der Waals surface area contributed by atoms with Crippen LogP contribution in [0.1, 0.15) is 12.8 Å². The van der Waals surface area contributed by atoms with Crippen molar-refractivity contribution in [1.29, 1.82) is 0 Å². The number of anilines is 1. The van der Waals surface area contributed by atoms with E-state index >= 15 is 0 Å². The molecule has 2 heterocycles. The van der Waals surface area contributed by atoms with Crippen molar-refractivity contribution in [3.05, 3.63) is 11.0 Å². The van der Waals surface area contributed by atoms with E-state index in [0.717, 1.165) is 19.1 Å². The maximum atomic E-state index is 14.1. The van der Waals surface area contributed by atoms with Gasteiger partial charge in [-0.2, -0.15) is 9.37 Å². The van der Waals surface area contributed by atoms with Gasteiger partial charge in [0, 0.05) is 19.9 Å². The van der Waals surface area contributed by atoms with Gasteiger partial charge in [0.1, 0.15) is 0 Å². The Morgan fingerprint density at radius 3 is 2.80 bits per heavy atom. The van der Waals surface area contributed by atoms with Crippen LogP contribution >= 0.6 is 11.6 Å². The van der Waals surface area contributed by atoms with Gasteiger partial charge in [-0.15, -0.1) is 0 Å². The van der Waals surface area contributed by atoms with E-state index in [1.807, 2.05) is 0 Å². The summed E-state index contributed by atoms with van der Waals surface area (Å²) in [6.45, 7) is 0.983. The largest absolute Gasteiger partial charge is 0.383 e. The minimum atomic E-state index is -3.66. The molecule has 1 aliphatic heterocycles. The third-order valence-corrected chi connectivity index (χ3v) is 4.21. The van der Waals surface area contributed by atoms with E-state index in [9.17, 15) is 12.8 Å². The van der Waals surface area contributed by atoms with Crippen molar-refractivity contribution in [2.45, 2.75) is 24.0 Å². The van der Waals surface area contributed by atoms with E-state index < -0.39 is 26.0 Å². The van der Waals surface area contributed by atoms with E-state index in [2.05, 4.69) is 9.97 Å². The first-order valence-electron chi connectivity index (χ1n) is 6.03. The standard InChI is InChI=1S/C11H15ClFN3O3S/c1-19-6-7-4-3-5-16(7)10-8(13)9(12)14-11(15-10)20(2,17)18/h7H,3-6H2,1-2H3/t7-/m1/s1. The Morgan fingerprint density at radius 2 is 2.20 bits per heavy atom. The van der Waals surface area contributed by atoms with Crippen LogP contribution in [0.2, 0.25) is 5.15 Å². The Hall–Kier alpha value is -0.990. The third-order valence-electron chi connectivity index (χ3n) is 3.11. The average Bonchev–Trinajstić information content (AvgIpc) is 2.80. The summed E-state index contributed by atoms with van der Waals surface area (Å²) in [6, 6.07) is -0.0483. The van der Waals surface area contributed by atoms with Gasteiger partial charge < -0.3 is 9.64 Å². The molecule has 6 nitrogen and oxygen atoms in total. The first kappa shape index (κ1) is 15.4. The third kappa shape index (κ3) is 3.02. The number of hydrogen-bond donors (Lipinski definition) is 0. The molecule has 1 aliphatic rings. The number of nitrogens with zero attached hydrogens (tertiary/aromatic N) is 3. The summed E-state index contributed by atoms with van der Waals surface area (Å²) in [5.74, 6) is -0.882. The molecule has 0 aromatic carbocycles. The highest BCUT2D eigenvalue weighted by Gasteiger charge is 2.30. The van der Waals surface area contributed by atoms with Gasteiger partial charge >= 0.3 is 0 Å². The molecule has 0 radical (unpaired) electrons. The van der Waals surface area contributed by atoms with Gasteiger partial charge in [0.05, 0.1) is 12.6 Å². The predicted octanol–water partition coefficient (Wildman–Crippen LogP) is 1.29. The van der Waals surface area contributed by atoms with Gasteiger partial charge in [0.25, 0.3) is 0 Å². The molecule has 20 heavy (non-hydrogen) atoms. The van der Waals surface area contributed by atoms with Crippen LogP contribution in [-0.4, -0.2) is 50.9 Å². The summed E-state index contributed by atoms with van der Waals surface area (Å²) >= 11 is 5.68. The Balaban J connectivity index is 2.48. The Labute approximate surface area is 121 Å². The molecule has 1 aromatic heterocycles. The molecule has 2 rings (SSSR count). The van der Waals surface area contributed by atoms with Gasteiger partial charge in [-0.25, -0.2) is 13.4 Å². The summed E-state index contributed by atoms with van der Waals surface area (Å²) in [4.78, 5) is 8.99. The van der Waals surface area contributed by atoms with Gasteiger partial charge in [-0.05, 0) is 12.8 Å². The monoisotopic (exact) mass is 323 g/mol. The zero-order valence-electron chi connectivity index (χ0n) is 11.1. The predicted molar refractivity (Wildman–Crippen MR) is 72.4 cm³/mol. The van der Waals surface area contributed by atoms with Crippen molar-refractivity contribution in [3.63, 3.8) is 0 Å². The number of sulfone groups is 1. The van der Waals surface area contributed by atoms with Gasteiger partial charge in [0.2, 0.25) is 20.8 Å². The number of halogens is 2. The SMILES string of the molecule is COC[C@H]1CCCN1c1nc(S(C)(=O)=O)nc(Cl)c1F. The van der Waals surface area contributed by atoms with Crippen molar-refractivity contribution in [1.82, 2.24) is 9.97 Å². The van der Waals surface area contributed by atoms with Gasteiger partial charge in [-0.3, -0.25) is 0 Å². The average molecular weight is 324 g/mol. The highest BCUT2D eigenvalue weighted by atomic mass is 35.5. The molecule has 112 valence electrons. The Kier molecular flexibility index (Phi) is 4.46. The molecule has 0 saturated carbocycles. The van der Waals surface area contributed by atoms with Crippen LogP contribution in [0.4, 0.5) is 10.2 Å². The summed E-state index contributed by atoms with van der Waals surface area (Å²) in [7, 11) is -2.10. The van der Waals surface area contributed by atoms with Crippen LogP contribution in [0.5, 0.6) is 0 Å². The summed E-state index contributed by atoms with van der Waals surface area (Å²) in [5.41, 5.74) is 0. The van der Waals surface area contributed by atoms with Crippen molar-refractivity contribution in [2.75, 3.05) is 31.4 Å². The second kappa shape index (κ2) is 5.79. The van der Waals surface area contributed by atoms with E-state index in [-0.39, 0.29) is 11.9 Å². The summed E-state index contributed by atoms with van der Waals surface area (Å²) in [6.07, 6.45) is 2.63. The van der Waals surface area contributed by atoms with Crippen LogP contribution < -0.4 is 4.90 Å². The number of rotatable bonds is 4. The molecule has 1 saturated heterocycles. The normalized spacial score (nSPS) is 19.6. The Bertz CT molecular complexity index is 611. The lowest BCUT2D eigenvalue weighted by Gasteiger charge is -2.25. The van der Waals surface area contributed by atoms with Crippen LogP contribution in [-0.2, 0) is 14.6 Å². The van der Waals surface area contributed by atoms with E-state index in [1.54, 1.807) is 12.0 Å². The summed E-state index contributed by atoms with van der Waals surface area (Å²) in [5, 5.41) is -0.958. The topological polar surface area (TPSA) is 72.4 Å². The molecule has 1 aromatic rings. The Morgan fingerprint density at radius 1 is 1.50 bits per heavy atom. The maximum absolute atomic E-state index is 14.1. The molecular weight excluding hydrogens is 309 g/mol. The number of methoxy groups -OCH3 is 1. The van der Waals surface area contributed by atoms with Crippen LogP contribution in [0, 0.1) is 5.82 Å². The fourth-order valence-corrected chi connectivity index (χ4v) is 2.95. The van der Waals surface area contributed by atoms with E-state index in [1.165, 1.54) is 0 Å². The molecule has 0 unspecified atom stereocenters. The lowest BCUT2D eigenvalue weighted by molar-refractivity contribution is 0.180. The molecule has 0 spiro atoms. The van der Waals surface area contributed by atoms with Crippen molar-refractivity contribution < 1.29 is 17.5 Å². The molecule has 0 N–H and O–H groups in total. The van der Waals surface area contributed by atoms with E-state index in [0.29, 0.717) is 13.2 Å². The zero-order chi connectivity index (χ0) is 14.9. The maximum Gasteiger partial charge on any atom is 0.250 e. The smallest absolute Gasteiger partial charge is 0.250 e. The van der Waals surface area contributed by atoms with Crippen LogP contribution in [0.25, 0.3) is 0 Å². The molecule has 1 fully saturated rings. The first-order chi connectivity index (χ1) is 9.34. The lowest BCUT2D eigenvalue weighted by Crippen LogP contribution is -2.34. The number of hydrogen-bond acceptors (Lipinski definition) is 6. The highest BCUT2D eigenvalue weighted by molar-refractivity contribution is 7.90. The quantitative estimate of drug-likeness (QED) is 0.614. The second-order valence-electron chi connectivity index (χ2n) is 4.65. The van der Waals surface area contributed by atoms with Gasteiger partial charge in [-0.1, -0.05) is 11.6 Å². The highest BCUT2D eigenvalue weighted by Crippen LogP contribution is 2.30. The van der Waals surface area contributed by atoms with Crippen LogP contribution in [0.15, 0.2) is 5.16 Å². The van der Waals surface area contributed by atoms with Crippen molar-refractivity contribution in [3.8, 4) is 0 Å². The minimum absolute atomic E-state index is 0.0483. The zero-order valence-corrected chi connectivity index (χ0v) is 12.7. The lowest BCUT2D eigenvalue weighted by atomic mass is 10.2. The van der Waals surface area contributed by atoms with Crippen molar-refractivity contribution in [2.24, 2.45) is 0 Å². The van der Waals surface area contributed by atoms with Gasteiger partial charge in [0.15, 0.2) is 11.0 Å². The number of ether oxygens (including phenoxy) is 1. The van der Waals surface area contributed by atoms with E-state index in [4.69, 9.17) is 16.3 Å². The fraction of sp³-hybridized carbons (Fsp3) is 0.636. The summed E-state index contributed by atoms with van der Waals surface area (Å²) < 4.78 is 42.2. The second-order valence-corrected chi connectivity index (χ2v) is 6.92. The first-order valence-corrected chi connectivity index (χ1v) is 8.30. The van der Waals surface area contributed by atoms with Crippen molar-refractivity contribution >= 4 is 27.3 Å². The molecule has 0 amide bonds. The molecule has 1 atom stereocenters. The fourth-order valence-electron chi connectivity index (χ4n) is 2.23. The molecular formula is C11H15ClFN3O3S. The van der Waals surface area contributed by atoms with Crippen LogP contribution in [0.3, 0.4) is 0 Å². The molecule has 0 aliphatic carbocycles. The number of aromatic nitrogens is 2. The molecule has 0 bridgehead atoms. The molecule has 9 heteroatoms.